The van der Waals surface area contributed by atoms with Crippen molar-refractivity contribution < 1.29 is 4.39 Å². The topological polar surface area (TPSA) is 38.0 Å². The fraction of sp³-hybridized carbons (Fsp3) is 0.455. The van der Waals surface area contributed by atoms with E-state index in [-0.39, 0.29) is 5.82 Å². The predicted octanol–water partition coefficient (Wildman–Crippen LogP) is 3.57. The number of nitrogens with two attached hydrogens (primary N) is 1. The molecule has 0 spiro atoms. The van der Waals surface area contributed by atoms with Gasteiger partial charge in [-0.2, -0.15) is 11.8 Å². The average Bonchev–Trinajstić information content (AvgIpc) is 2.25. The first kappa shape index (κ1) is 13.9. The lowest BCUT2D eigenvalue weighted by atomic mass is 10.2. The van der Waals surface area contributed by atoms with E-state index in [0.717, 1.165) is 12.2 Å². The van der Waals surface area contributed by atoms with E-state index in [2.05, 4.69) is 18.5 Å². The Labute approximate surface area is 114 Å². The third kappa shape index (κ3) is 3.69. The fourth-order valence-electron chi connectivity index (χ4n) is 1.37. The van der Waals surface area contributed by atoms with E-state index in [9.17, 15) is 4.39 Å². The Hall–Kier alpha value is -0.170. The van der Waals surface area contributed by atoms with Crippen LogP contribution in [-0.2, 0) is 0 Å². The maximum absolute atomic E-state index is 13.4. The summed E-state index contributed by atoms with van der Waals surface area (Å²) in [5.41, 5.74) is 7.14. The number of nitrogen functional groups attached to an aromatic ring is 1. The maximum atomic E-state index is 13.4. The highest BCUT2D eigenvalue weighted by molar-refractivity contribution is 14.1. The Morgan fingerprint density at radius 3 is 2.81 bits per heavy atom. The molecule has 16 heavy (non-hydrogen) atoms. The van der Waals surface area contributed by atoms with Crippen LogP contribution in [0.5, 0.6) is 0 Å². The lowest BCUT2D eigenvalue weighted by Gasteiger charge is -2.18. The standard InChI is InChI=1S/C11H16FIN2S/c1-3-7(6-16-2)15-11-4-8(12)9(13)5-10(11)14/h4-5,7,15H,3,6,14H2,1-2H3. The molecule has 0 heterocycles. The zero-order chi connectivity index (χ0) is 12.1. The molecule has 0 radical (unpaired) electrons. The number of hydrogen-bond acceptors (Lipinski definition) is 3. The molecular weight excluding hydrogens is 338 g/mol. The van der Waals surface area contributed by atoms with E-state index in [1.165, 1.54) is 6.07 Å². The van der Waals surface area contributed by atoms with Gasteiger partial charge in [-0.1, -0.05) is 6.92 Å². The Kier molecular flexibility index (Phi) is 5.68. The molecule has 1 atom stereocenters. The minimum absolute atomic E-state index is 0.226. The van der Waals surface area contributed by atoms with Gasteiger partial charge in [0.05, 0.1) is 14.9 Å². The van der Waals surface area contributed by atoms with Gasteiger partial charge in [0.15, 0.2) is 0 Å². The minimum Gasteiger partial charge on any atom is -0.397 e. The average molecular weight is 354 g/mol. The van der Waals surface area contributed by atoms with Crippen LogP contribution in [0, 0.1) is 9.39 Å². The zero-order valence-corrected chi connectivity index (χ0v) is 12.4. The van der Waals surface area contributed by atoms with E-state index in [0.29, 0.717) is 21.0 Å². The molecule has 0 aliphatic rings. The fourth-order valence-corrected chi connectivity index (χ4v) is 2.58. The van der Waals surface area contributed by atoms with Crippen molar-refractivity contribution in [3.05, 3.63) is 21.5 Å². The first-order chi connectivity index (χ1) is 7.58. The molecule has 0 bridgehead atoms. The molecule has 0 amide bonds. The van der Waals surface area contributed by atoms with Crippen molar-refractivity contribution in [3.63, 3.8) is 0 Å². The summed E-state index contributed by atoms with van der Waals surface area (Å²) in [6.07, 6.45) is 3.05. The molecular formula is C11H16FIN2S. The zero-order valence-electron chi connectivity index (χ0n) is 9.39. The highest BCUT2D eigenvalue weighted by Crippen LogP contribution is 2.25. The highest BCUT2D eigenvalue weighted by Gasteiger charge is 2.10. The van der Waals surface area contributed by atoms with Crippen molar-refractivity contribution in [1.82, 2.24) is 0 Å². The number of nitrogens with one attached hydrogen (secondary N) is 1. The van der Waals surface area contributed by atoms with Crippen LogP contribution in [0.15, 0.2) is 12.1 Å². The van der Waals surface area contributed by atoms with Gasteiger partial charge in [-0.15, -0.1) is 0 Å². The monoisotopic (exact) mass is 354 g/mol. The van der Waals surface area contributed by atoms with Crippen LogP contribution in [0.25, 0.3) is 0 Å². The molecule has 90 valence electrons. The van der Waals surface area contributed by atoms with Gasteiger partial charge in [0, 0.05) is 17.9 Å². The number of benzene rings is 1. The van der Waals surface area contributed by atoms with Crippen LogP contribution in [0.4, 0.5) is 15.8 Å². The third-order valence-corrected chi connectivity index (χ3v) is 3.88. The van der Waals surface area contributed by atoms with Crippen molar-refractivity contribution in [2.24, 2.45) is 0 Å². The van der Waals surface area contributed by atoms with Gasteiger partial charge in [-0.05, 0) is 41.3 Å². The summed E-state index contributed by atoms with van der Waals surface area (Å²) in [6, 6.07) is 3.46. The molecule has 3 N–H and O–H groups in total. The van der Waals surface area contributed by atoms with Crippen molar-refractivity contribution in [2.75, 3.05) is 23.1 Å². The molecule has 0 saturated carbocycles. The summed E-state index contributed by atoms with van der Waals surface area (Å²) in [6.45, 7) is 2.10. The second-order valence-electron chi connectivity index (χ2n) is 3.56. The minimum atomic E-state index is -0.226. The van der Waals surface area contributed by atoms with Gasteiger partial charge in [-0.3, -0.25) is 0 Å². The number of hydrogen-bond donors (Lipinski definition) is 2. The van der Waals surface area contributed by atoms with E-state index in [1.54, 1.807) is 17.8 Å². The van der Waals surface area contributed by atoms with E-state index < -0.39 is 0 Å². The normalized spacial score (nSPS) is 12.5. The first-order valence-corrected chi connectivity index (χ1v) is 7.55. The second kappa shape index (κ2) is 6.54. The van der Waals surface area contributed by atoms with Gasteiger partial charge in [0.1, 0.15) is 5.82 Å². The third-order valence-electron chi connectivity index (χ3n) is 2.31. The molecule has 0 aliphatic heterocycles. The van der Waals surface area contributed by atoms with E-state index >= 15 is 0 Å². The van der Waals surface area contributed by atoms with Crippen LogP contribution in [0.1, 0.15) is 13.3 Å². The Balaban J connectivity index is 2.83. The van der Waals surface area contributed by atoms with E-state index in [4.69, 9.17) is 5.73 Å². The van der Waals surface area contributed by atoms with Crippen molar-refractivity contribution in [1.29, 1.82) is 0 Å². The largest absolute Gasteiger partial charge is 0.397 e. The van der Waals surface area contributed by atoms with Crippen LogP contribution in [0.3, 0.4) is 0 Å². The summed E-state index contributed by atoms with van der Waals surface area (Å²) >= 11 is 3.71. The Bertz CT molecular complexity index is 360. The Morgan fingerprint density at radius 1 is 1.56 bits per heavy atom. The molecule has 0 aliphatic carbocycles. The van der Waals surface area contributed by atoms with Crippen LogP contribution in [-0.4, -0.2) is 18.1 Å². The number of halogens is 2. The van der Waals surface area contributed by atoms with Crippen molar-refractivity contribution in [3.8, 4) is 0 Å². The van der Waals surface area contributed by atoms with Crippen molar-refractivity contribution >= 4 is 45.7 Å². The van der Waals surface area contributed by atoms with Crippen LogP contribution < -0.4 is 11.1 Å². The smallest absolute Gasteiger partial charge is 0.138 e. The summed E-state index contributed by atoms with van der Waals surface area (Å²) in [5.74, 6) is 0.764. The summed E-state index contributed by atoms with van der Waals surface area (Å²) in [5, 5.41) is 3.28. The molecule has 5 heteroatoms. The highest BCUT2D eigenvalue weighted by atomic mass is 127. The summed E-state index contributed by atoms with van der Waals surface area (Å²) in [7, 11) is 0. The van der Waals surface area contributed by atoms with Gasteiger partial charge >= 0.3 is 0 Å². The molecule has 1 aromatic rings. The number of thioether (sulfide) groups is 1. The number of rotatable bonds is 5. The SMILES string of the molecule is CCC(CSC)Nc1cc(F)c(I)cc1N. The van der Waals surface area contributed by atoms with Gasteiger partial charge < -0.3 is 11.1 Å². The first-order valence-electron chi connectivity index (χ1n) is 5.08. The predicted molar refractivity (Wildman–Crippen MR) is 79.6 cm³/mol. The van der Waals surface area contributed by atoms with Gasteiger partial charge in [0.2, 0.25) is 0 Å². The lowest BCUT2D eigenvalue weighted by Crippen LogP contribution is -2.22. The molecule has 1 rings (SSSR count). The molecule has 1 aromatic carbocycles. The van der Waals surface area contributed by atoms with Gasteiger partial charge in [0.25, 0.3) is 0 Å². The molecule has 0 fully saturated rings. The lowest BCUT2D eigenvalue weighted by molar-refractivity contribution is 0.620. The molecule has 1 unspecified atom stereocenters. The summed E-state index contributed by atoms with van der Waals surface area (Å²) < 4.78 is 13.9. The molecule has 0 saturated heterocycles. The van der Waals surface area contributed by atoms with E-state index in [1.807, 2.05) is 22.6 Å². The molecule has 0 aromatic heterocycles. The van der Waals surface area contributed by atoms with Crippen LogP contribution in [0.2, 0.25) is 0 Å². The summed E-state index contributed by atoms with van der Waals surface area (Å²) in [4.78, 5) is 0. The maximum Gasteiger partial charge on any atom is 0.138 e. The van der Waals surface area contributed by atoms with Crippen molar-refractivity contribution in [2.45, 2.75) is 19.4 Å². The van der Waals surface area contributed by atoms with Gasteiger partial charge in [-0.25, -0.2) is 4.39 Å². The molecule has 2 nitrogen and oxygen atoms in total. The second-order valence-corrected chi connectivity index (χ2v) is 5.63. The quantitative estimate of drug-likeness (QED) is 0.627. The number of anilines is 2. The Morgan fingerprint density at radius 2 is 2.25 bits per heavy atom. The van der Waals surface area contributed by atoms with Crippen LogP contribution >= 0.6 is 34.4 Å².